The lowest BCUT2D eigenvalue weighted by Crippen LogP contribution is -2.52. The predicted octanol–water partition coefficient (Wildman–Crippen LogP) is 6.47. The van der Waals surface area contributed by atoms with Crippen LogP contribution in [0.3, 0.4) is 0 Å². The quantitative estimate of drug-likeness (QED) is 0.269. The summed E-state index contributed by atoms with van der Waals surface area (Å²) in [5.74, 6) is -0.0849. The average Bonchev–Trinajstić information content (AvgIpc) is 3.39. The molecule has 7 nitrogen and oxygen atoms in total. The van der Waals surface area contributed by atoms with E-state index < -0.39 is 11.6 Å². The lowest BCUT2D eigenvalue weighted by Gasteiger charge is -2.57. The summed E-state index contributed by atoms with van der Waals surface area (Å²) in [5, 5.41) is 4.23. The molecular weight excluding hydrogens is 586 g/mol. The molecule has 0 N–H and O–H groups in total. The summed E-state index contributed by atoms with van der Waals surface area (Å²) in [6.07, 6.45) is 4.42. The van der Waals surface area contributed by atoms with Gasteiger partial charge in [-0.1, -0.05) is 54.4 Å². The summed E-state index contributed by atoms with van der Waals surface area (Å²) in [6, 6.07) is 10.1. The number of aromatic nitrogens is 1. The number of carbonyl (C=O) groups is 2. The molecule has 10 heteroatoms. The number of allylic oxidation sites excluding steroid dienone is 1. The number of amides is 2. The molecule has 1 saturated carbocycles. The minimum atomic E-state index is -0.575. The zero-order valence-electron chi connectivity index (χ0n) is 25.3. The highest BCUT2D eigenvalue weighted by atomic mass is 35.5. The largest absolute Gasteiger partial charge is 0.360 e. The molecule has 1 saturated heterocycles. The molecule has 0 spiro atoms. The van der Waals surface area contributed by atoms with Crippen molar-refractivity contribution in [3.63, 3.8) is 0 Å². The predicted molar refractivity (Wildman–Crippen MR) is 164 cm³/mol. The number of nitrogens with zero attached hydrogens (tertiary/aromatic N) is 4. The molecule has 44 heavy (non-hydrogen) atoms. The van der Waals surface area contributed by atoms with Crippen molar-refractivity contribution in [1.82, 2.24) is 19.9 Å². The van der Waals surface area contributed by atoms with Gasteiger partial charge in [-0.25, -0.2) is 8.78 Å². The van der Waals surface area contributed by atoms with Crippen LogP contribution >= 0.6 is 11.6 Å². The standard InChI is InChI=1S/C34H37ClF2N4O3/c1-21-29(31(38-44-21)30-27(35)8-5-9-28(30)37)33(43)41(20-23-10-11-24-19-26(23)34(24,2)3)17-14-39-12-15-40(16-13-39)32(42)22-6-4-7-25(36)18-22/h4-10,18,24,26H,11-17,19-20H2,1-3H3. The monoisotopic (exact) mass is 622 g/mol. The van der Waals surface area contributed by atoms with Crippen LogP contribution < -0.4 is 0 Å². The van der Waals surface area contributed by atoms with Gasteiger partial charge in [-0.15, -0.1) is 0 Å². The van der Waals surface area contributed by atoms with Gasteiger partial charge in [0.1, 0.15) is 28.7 Å². The van der Waals surface area contributed by atoms with Crippen LogP contribution in [0, 0.1) is 35.8 Å². The molecule has 1 aliphatic heterocycles. The smallest absolute Gasteiger partial charge is 0.260 e. The Hall–Kier alpha value is -3.56. The second kappa shape index (κ2) is 12.1. The Morgan fingerprint density at radius 3 is 2.55 bits per heavy atom. The van der Waals surface area contributed by atoms with Gasteiger partial charge in [0, 0.05) is 51.4 Å². The van der Waals surface area contributed by atoms with E-state index in [9.17, 15) is 18.4 Å². The summed E-state index contributed by atoms with van der Waals surface area (Å²) in [4.78, 5) is 33.0. The molecule has 4 aliphatic rings. The second-order valence-corrected chi connectivity index (χ2v) is 13.2. The molecule has 2 unspecified atom stereocenters. The lowest BCUT2D eigenvalue weighted by atomic mass is 9.49. The first-order valence-corrected chi connectivity index (χ1v) is 15.6. The fourth-order valence-electron chi connectivity index (χ4n) is 7.05. The highest BCUT2D eigenvalue weighted by Crippen LogP contribution is 2.59. The Kier molecular flexibility index (Phi) is 8.37. The number of rotatable bonds is 8. The highest BCUT2D eigenvalue weighted by Gasteiger charge is 2.51. The van der Waals surface area contributed by atoms with Crippen LogP contribution in [0.5, 0.6) is 0 Å². The van der Waals surface area contributed by atoms with Gasteiger partial charge in [0.25, 0.3) is 11.8 Å². The van der Waals surface area contributed by atoms with Gasteiger partial charge < -0.3 is 14.3 Å². The van der Waals surface area contributed by atoms with E-state index in [0.29, 0.717) is 69.0 Å². The molecule has 232 valence electrons. The van der Waals surface area contributed by atoms with E-state index >= 15 is 0 Å². The number of piperazine rings is 1. The molecule has 2 bridgehead atoms. The maximum absolute atomic E-state index is 15.0. The summed E-state index contributed by atoms with van der Waals surface area (Å²) in [7, 11) is 0. The van der Waals surface area contributed by atoms with Crippen molar-refractivity contribution in [1.29, 1.82) is 0 Å². The van der Waals surface area contributed by atoms with E-state index in [4.69, 9.17) is 16.1 Å². The molecule has 2 amide bonds. The third-order valence-corrected chi connectivity index (χ3v) is 10.3. The fraction of sp³-hybridized carbons (Fsp3) is 0.441. The van der Waals surface area contributed by atoms with Gasteiger partial charge >= 0.3 is 0 Å². The maximum atomic E-state index is 15.0. The Balaban J connectivity index is 1.20. The molecule has 2 aromatic carbocycles. The Bertz CT molecular complexity index is 1590. The number of hydrogen-bond acceptors (Lipinski definition) is 5. The lowest BCUT2D eigenvalue weighted by molar-refractivity contribution is -0.0105. The van der Waals surface area contributed by atoms with E-state index in [1.165, 1.54) is 29.8 Å². The third kappa shape index (κ3) is 5.68. The summed E-state index contributed by atoms with van der Waals surface area (Å²) in [5.41, 5.74) is 2.16. The number of hydrogen-bond donors (Lipinski definition) is 0. The molecule has 1 aromatic heterocycles. The third-order valence-electron chi connectivity index (χ3n) is 9.94. The zero-order valence-corrected chi connectivity index (χ0v) is 26.0. The second-order valence-electron chi connectivity index (χ2n) is 12.8. The topological polar surface area (TPSA) is 69.9 Å². The van der Waals surface area contributed by atoms with Crippen LogP contribution in [0.15, 0.2) is 58.6 Å². The van der Waals surface area contributed by atoms with E-state index in [-0.39, 0.29) is 39.1 Å². The van der Waals surface area contributed by atoms with Crippen molar-refractivity contribution < 1.29 is 22.9 Å². The Labute approximate surface area is 261 Å². The van der Waals surface area contributed by atoms with Crippen LogP contribution in [-0.4, -0.2) is 77.5 Å². The van der Waals surface area contributed by atoms with Crippen molar-refractivity contribution in [2.24, 2.45) is 17.3 Å². The summed E-state index contributed by atoms with van der Waals surface area (Å²) < 4.78 is 34.1. The number of fused-ring (bicyclic) bond motifs is 1. The molecule has 2 fully saturated rings. The minimum Gasteiger partial charge on any atom is -0.360 e. The fourth-order valence-corrected chi connectivity index (χ4v) is 7.30. The Morgan fingerprint density at radius 1 is 1.11 bits per heavy atom. The van der Waals surface area contributed by atoms with Gasteiger partial charge in [0.15, 0.2) is 0 Å². The normalized spacial score (nSPS) is 21.0. The SMILES string of the molecule is Cc1onc(-c2c(F)cccc2Cl)c1C(=O)N(CCN1CCN(C(=O)c2cccc(F)c2)CC1)CC1=CCC2CC1C2(C)C. The first-order valence-electron chi connectivity index (χ1n) is 15.2. The first-order chi connectivity index (χ1) is 21.0. The molecule has 3 aliphatic carbocycles. The van der Waals surface area contributed by atoms with E-state index in [2.05, 4.69) is 30.0 Å². The van der Waals surface area contributed by atoms with E-state index in [1.807, 2.05) is 4.90 Å². The van der Waals surface area contributed by atoms with Gasteiger partial charge in [-0.2, -0.15) is 0 Å². The number of aryl methyl sites for hydroxylation is 1. The van der Waals surface area contributed by atoms with E-state index in [0.717, 1.165) is 12.8 Å². The van der Waals surface area contributed by atoms with Crippen molar-refractivity contribution in [3.8, 4) is 11.3 Å². The van der Waals surface area contributed by atoms with Crippen LogP contribution in [0.2, 0.25) is 5.02 Å². The number of benzene rings is 2. The first kappa shape index (κ1) is 30.5. The summed E-state index contributed by atoms with van der Waals surface area (Å²) >= 11 is 6.38. The average molecular weight is 623 g/mol. The molecule has 2 heterocycles. The maximum Gasteiger partial charge on any atom is 0.260 e. The molecular formula is C34H37ClF2N4O3. The Morgan fingerprint density at radius 2 is 1.86 bits per heavy atom. The molecule has 0 radical (unpaired) electrons. The van der Waals surface area contributed by atoms with Gasteiger partial charge in [-0.3, -0.25) is 14.5 Å². The molecule has 2 atom stereocenters. The van der Waals surface area contributed by atoms with Crippen LogP contribution in [0.1, 0.15) is 53.2 Å². The number of halogens is 3. The minimum absolute atomic E-state index is 0.0493. The van der Waals surface area contributed by atoms with Crippen LogP contribution in [0.25, 0.3) is 11.3 Å². The van der Waals surface area contributed by atoms with Crippen molar-refractivity contribution >= 4 is 23.4 Å². The zero-order chi connectivity index (χ0) is 31.2. The van der Waals surface area contributed by atoms with Crippen molar-refractivity contribution in [2.45, 2.75) is 33.6 Å². The summed E-state index contributed by atoms with van der Waals surface area (Å²) in [6.45, 7) is 10.0. The van der Waals surface area contributed by atoms with Crippen molar-refractivity contribution in [2.75, 3.05) is 45.8 Å². The molecule has 7 rings (SSSR count). The molecule has 3 aromatic rings. The number of carbonyl (C=O) groups excluding carboxylic acids is 2. The highest BCUT2D eigenvalue weighted by molar-refractivity contribution is 6.33. The van der Waals surface area contributed by atoms with E-state index in [1.54, 1.807) is 30.0 Å². The van der Waals surface area contributed by atoms with Crippen LogP contribution in [0.4, 0.5) is 8.78 Å². The van der Waals surface area contributed by atoms with Gasteiger partial charge in [0.2, 0.25) is 0 Å². The van der Waals surface area contributed by atoms with Gasteiger partial charge in [0.05, 0.1) is 10.6 Å². The van der Waals surface area contributed by atoms with Gasteiger partial charge in [-0.05, 0) is 67.3 Å². The van der Waals surface area contributed by atoms with Crippen molar-refractivity contribution in [3.05, 3.63) is 87.7 Å². The van der Waals surface area contributed by atoms with Crippen LogP contribution in [-0.2, 0) is 0 Å².